The number of aldehydes is 1. The largest absolute Gasteiger partial charge is 0.425 e. The number of rotatable bonds is 11. The second kappa shape index (κ2) is 10.6. The van der Waals surface area contributed by atoms with Gasteiger partial charge in [-0.2, -0.15) is 4.31 Å². The molecule has 1 aliphatic rings. The number of carbonyl (C=O) groups excluding carboxylic acids is 2. The molecular weight excluding hydrogens is 450 g/mol. The van der Waals surface area contributed by atoms with Gasteiger partial charge in [-0.25, -0.2) is 13.2 Å². The van der Waals surface area contributed by atoms with Crippen LogP contribution in [0.3, 0.4) is 0 Å². The van der Waals surface area contributed by atoms with Crippen molar-refractivity contribution in [3.05, 3.63) is 29.8 Å². The van der Waals surface area contributed by atoms with Crippen LogP contribution in [-0.2, 0) is 38.6 Å². The summed E-state index contributed by atoms with van der Waals surface area (Å²) >= 11 is 0. The van der Waals surface area contributed by atoms with Crippen LogP contribution in [0.15, 0.2) is 29.2 Å². The van der Waals surface area contributed by atoms with E-state index in [1.54, 1.807) is 46.8 Å². The number of hydrogen-bond acceptors (Lipinski definition) is 8. The Hall–Kier alpha value is -1.85. The van der Waals surface area contributed by atoms with Gasteiger partial charge in [0, 0.05) is 20.1 Å². The number of sulfonamides is 1. The van der Waals surface area contributed by atoms with Gasteiger partial charge in [-0.05, 0) is 45.7 Å². The molecule has 1 aliphatic heterocycles. The van der Waals surface area contributed by atoms with Gasteiger partial charge in [0.2, 0.25) is 15.8 Å². The molecule has 186 valence electrons. The summed E-state index contributed by atoms with van der Waals surface area (Å²) in [4.78, 5) is 24.7. The van der Waals surface area contributed by atoms with Gasteiger partial charge in [-0.15, -0.1) is 0 Å². The van der Waals surface area contributed by atoms with Crippen LogP contribution in [0.1, 0.15) is 47.1 Å². The first-order chi connectivity index (χ1) is 15.4. The highest BCUT2D eigenvalue weighted by Crippen LogP contribution is 2.40. The molecule has 0 radical (unpaired) electrons. The zero-order valence-corrected chi connectivity index (χ0v) is 21.2. The number of aryl methyl sites for hydroxylation is 1. The first kappa shape index (κ1) is 27.4. The lowest BCUT2D eigenvalue weighted by atomic mass is 9.95. The van der Waals surface area contributed by atoms with E-state index in [1.807, 2.05) is 6.92 Å². The van der Waals surface area contributed by atoms with E-state index in [1.165, 1.54) is 19.1 Å². The maximum Gasteiger partial charge on any atom is 0.339 e. The van der Waals surface area contributed by atoms with Gasteiger partial charge in [0.1, 0.15) is 6.29 Å². The Morgan fingerprint density at radius 2 is 1.64 bits per heavy atom. The molecule has 33 heavy (non-hydrogen) atoms. The van der Waals surface area contributed by atoms with Crippen LogP contribution >= 0.6 is 0 Å². The molecule has 9 nitrogen and oxygen atoms in total. The normalized spacial score (nSPS) is 26.9. The summed E-state index contributed by atoms with van der Waals surface area (Å²) in [5.74, 6) is -4.26. The van der Waals surface area contributed by atoms with E-state index in [2.05, 4.69) is 0 Å². The molecule has 1 fully saturated rings. The van der Waals surface area contributed by atoms with E-state index in [0.29, 0.717) is 6.29 Å². The Bertz CT molecular complexity index is 932. The summed E-state index contributed by atoms with van der Waals surface area (Å²) in [6, 6.07) is 5.23. The van der Waals surface area contributed by atoms with Crippen molar-refractivity contribution in [1.82, 2.24) is 4.31 Å². The predicted octanol–water partition coefficient (Wildman–Crippen LogP) is 2.66. The van der Waals surface area contributed by atoms with Gasteiger partial charge in [-0.3, -0.25) is 0 Å². The second-order valence-electron chi connectivity index (χ2n) is 8.51. The van der Waals surface area contributed by atoms with Gasteiger partial charge < -0.3 is 23.7 Å². The van der Waals surface area contributed by atoms with Crippen molar-refractivity contribution in [1.29, 1.82) is 0 Å². The summed E-state index contributed by atoms with van der Waals surface area (Å²) in [6.07, 6.45) is -0.864. The van der Waals surface area contributed by atoms with Gasteiger partial charge >= 0.3 is 5.97 Å². The number of ether oxygens (including phenoxy) is 4. The van der Waals surface area contributed by atoms with Crippen molar-refractivity contribution >= 4 is 22.3 Å². The topological polar surface area (TPSA) is 108 Å². The maximum atomic E-state index is 13.5. The molecule has 4 atom stereocenters. The lowest BCUT2D eigenvalue weighted by Gasteiger charge is -2.51. The number of benzene rings is 1. The Balaban J connectivity index is 2.56. The van der Waals surface area contributed by atoms with Crippen molar-refractivity contribution in [3.63, 3.8) is 0 Å². The molecule has 0 saturated carbocycles. The van der Waals surface area contributed by atoms with Crippen LogP contribution in [0, 0.1) is 12.8 Å². The molecule has 0 spiro atoms. The molecule has 0 aliphatic carbocycles. The molecule has 10 heteroatoms. The first-order valence-electron chi connectivity index (χ1n) is 11.1. The van der Waals surface area contributed by atoms with Crippen LogP contribution in [0.25, 0.3) is 0 Å². The Morgan fingerprint density at radius 3 is 2.12 bits per heavy atom. The SMILES string of the molecule is CCO[C@@]1(C)OC(=O)[C@@H]([C@@H](C(C)C)N(CC=O)S(=O)(=O)c2ccc(C)cc2)O[C@]1(C)OCC. The van der Waals surface area contributed by atoms with Crippen LogP contribution in [-0.4, -0.2) is 68.5 Å². The first-order valence-corrected chi connectivity index (χ1v) is 12.5. The second-order valence-corrected chi connectivity index (χ2v) is 10.4. The monoisotopic (exact) mass is 485 g/mol. The molecular formula is C23H35NO8S. The molecule has 1 aromatic rings. The molecule has 1 saturated heterocycles. The van der Waals surface area contributed by atoms with Crippen molar-refractivity contribution in [2.75, 3.05) is 19.8 Å². The van der Waals surface area contributed by atoms with Crippen LogP contribution in [0.2, 0.25) is 0 Å². The van der Waals surface area contributed by atoms with Crippen molar-refractivity contribution in [2.45, 2.75) is 77.1 Å². The van der Waals surface area contributed by atoms with Gasteiger partial charge in [0.15, 0.2) is 6.10 Å². The van der Waals surface area contributed by atoms with E-state index >= 15 is 0 Å². The standard InChI is InChI=1S/C23H35NO8S/c1-8-29-22(6)23(7,30-9-2)32-21(26)20(31-22)19(16(3)4)24(14-15-25)33(27,28)18-12-10-17(5)11-13-18/h10-13,15-16,19-20H,8-9,14H2,1-7H3/t19-,20-,22+,23+/m1/s1. The minimum absolute atomic E-state index is 0.0106. The fourth-order valence-corrected chi connectivity index (χ4v) is 5.64. The highest BCUT2D eigenvalue weighted by atomic mass is 32.2. The quantitative estimate of drug-likeness (QED) is 0.348. The molecule has 1 heterocycles. The molecule has 0 amide bonds. The third-order valence-corrected chi connectivity index (χ3v) is 7.63. The molecule has 0 unspecified atom stereocenters. The highest BCUT2D eigenvalue weighted by Gasteiger charge is 2.60. The van der Waals surface area contributed by atoms with Gasteiger partial charge in [-0.1, -0.05) is 31.5 Å². The molecule has 0 aromatic heterocycles. The Labute approximate surface area is 196 Å². The lowest BCUT2D eigenvalue weighted by Crippen LogP contribution is -2.68. The van der Waals surface area contributed by atoms with Crippen LogP contribution in [0.4, 0.5) is 0 Å². The predicted molar refractivity (Wildman–Crippen MR) is 121 cm³/mol. The maximum absolute atomic E-state index is 13.5. The average molecular weight is 486 g/mol. The number of hydrogen-bond donors (Lipinski definition) is 0. The zero-order chi connectivity index (χ0) is 25.0. The molecule has 1 aromatic carbocycles. The minimum atomic E-state index is -4.14. The Morgan fingerprint density at radius 1 is 1.09 bits per heavy atom. The average Bonchev–Trinajstić information content (AvgIpc) is 2.72. The van der Waals surface area contributed by atoms with Crippen LogP contribution in [0.5, 0.6) is 0 Å². The van der Waals surface area contributed by atoms with E-state index in [9.17, 15) is 18.0 Å². The summed E-state index contributed by atoms with van der Waals surface area (Å²) in [6.45, 7) is 12.0. The van der Waals surface area contributed by atoms with Crippen molar-refractivity contribution < 1.29 is 37.0 Å². The number of nitrogens with zero attached hydrogens (tertiary/aromatic N) is 1. The number of cyclic esters (lactones) is 1. The highest BCUT2D eigenvalue weighted by molar-refractivity contribution is 7.89. The lowest BCUT2D eigenvalue weighted by molar-refractivity contribution is -0.417. The summed E-state index contributed by atoms with van der Waals surface area (Å²) in [7, 11) is -4.14. The van der Waals surface area contributed by atoms with Gasteiger partial charge in [0.25, 0.3) is 5.79 Å². The fraction of sp³-hybridized carbons (Fsp3) is 0.652. The van der Waals surface area contributed by atoms with Crippen molar-refractivity contribution in [3.8, 4) is 0 Å². The zero-order valence-electron chi connectivity index (χ0n) is 20.4. The van der Waals surface area contributed by atoms with Crippen LogP contribution < -0.4 is 0 Å². The fourth-order valence-electron chi connectivity index (χ4n) is 3.96. The smallest absolute Gasteiger partial charge is 0.339 e. The van der Waals surface area contributed by atoms with E-state index in [0.717, 1.165) is 9.87 Å². The van der Waals surface area contributed by atoms with Gasteiger partial charge in [0.05, 0.1) is 17.5 Å². The number of carbonyl (C=O) groups is 2. The summed E-state index contributed by atoms with van der Waals surface area (Å²) in [5, 5.41) is 0. The van der Waals surface area contributed by atoms with E-state index in [-0.39, 0.29) is 18.1 Å². The number of esters is 1. The summed E-state index contributed by atoms with van der Waals surface area (Å²) < 4.78 is 51.4. The van der Waals surface area contributed by atoms with E-state index < -0.39 is 52.2 Å². The minimum Gasteiger partial charge on any atom is -0.425 e. The van der Waals surface area contributed by atoms with E-state index in [4.69, 9.17) is 18.9 Å². The van der Waals surface area contributed by atoms with Crippen molar-refractivity contribution in [2.24, 2.45) is 5.92 Å². The summed E-state index contributed by atoms with van der Waals surface area (Å²) in [5.41, 5.74) is 0.887. The Kier molecular flexibility index (Phi) is 8.80. The third-order valence-electron chi connectivity index (χ3n) is 5.75. The molecule has 2 rings (SSSR count). The molecule has 0 bridgehead atoms. The molecule has 0 N–H and O–H groups in total. The third kappa shape index (κ3) is 5.46.